The lowest BCUT2D eigenvalue weighted by Gasteiger charge is -2.18. The predicted octanol–water partition coefficient (Wildman–Crippen LogP) is 4.58. The summed E-state index contributed by atoms with van der Waals surface area (Å²) in [5, 5.41) is 3.20. The molecular weight excluding hydrogens is 313 g/mol. The van der Waals surface area contributed by atoms with Crippen LogP contribution >= 0.6 is 27.3 Å². The number of hydrogen-bond donors (Lipinski definition) is 1. The zero-order valence-corrected chi connectivity index (χ0v) is 13.0. The van der Waals surface area contributed by atoms with E-state index in [1.807, 2.05) is 13.1 Å². The van der Waals surface area contributed by atoms with Crippen LogP contribution in [0.4, 0.5) is 4.39 Å². The van der Waals surface area contributed by atoms with Crippen molar-refractivity contribution < 1.29 is 4.39 Å². The van der Waals surface area contributed by atoms with Gasteiger partial charge in [-0.2, -0.15) is 0 Å². The Labute approximate surface area is 119 Å². The van der Waals surface area contributed by atoms with E-state index in [0.29, 0.717) is 5.56 Å². The van der Waals surface area contributed by atoms with Crippen molar-refractivity contribution in [3.63, 3.8) is 0 Å². The third-order valence-corrected chi connectivity index (χ3v) is 4.42. The van der Waals surface area contributed by atoms with Gasteiger partial charge in [0.05, 0.1) is 6.04 Å². The number of hydrogen-bond acceptors (Lipinski definition) is 2. The summed E-state index contributed by atoms with van der Waals surface area (Å²) in [7, 11) is 1.86. The van der Waals surface area contributed by atoms with Crippen LogP contribution < -0.4 is 5.32 Å². The lowest BCUT2D eigenvalue weighted by atomic mass is 9.99. The van der Waals surface area contributed by atoms with Crippen LogP contribution in [0.25, 0.3) is 0 Å². The Kier molecular flexibility index (Phi) is 4.20. The van der Waals surface area contributed by atoms with Crippen LogP contribution in [-0.2, 0) is 0 Å². The van der Waals surface area contributed by atoms with Crippen molar-refractivity contribution in [2.24, 2.45) is 0 Å². The third kappa shape index (κ3) is 2.66. The van der Waals surface area contributed by atoms with Crippen molar-refractivity contribution >= 4 is 27.3 Å². The molecule has 1 atom stereocenters. The van der Waals surface area contributed by atoms with Gasteiger partial charge in [0.2, 0.25) is 0 Å². The monoisotopic (exact) mass is 327 g/mol. The van der Waals surface area contributed by atoms with Crippen molar-refractivity contribution in [2.75, 3.05) is 7.05 Å². The summed E-state index contributed by atoms with van der Waals surface area (Å²) >= 11 is 5.14. The second-order valence-corrected chi connectivity index (χ2v) is 6.63. The van der Waals surface area contributed by atoms with Gasteiger partial charge in [-0.1, -0.05) is 15.9 Å². The topological polar surface area (TPSA) is 12.0 Å². The van der Waals surface area contributed by atoms with Crippen molar-refractivity contribution in [3.05, 3.63) is 55.4 Å². The van der Waals surface area contributed by atoms with Gasteiger partial charge in [-0.05, 0) is 50.7 Å². The van der Waals surface area contributed by atoms with Gasteiger partial charge in [-0.25, -0.2) is 4.39 Å². The van der Waals surface area contributed by atoms with E-state index in [-0.39, 0.29) is 11.9 Å². The number of halogens is 2. The molecule has 0 spiro atoms. The molecule has 1 N–H and O–H groups in total. The fourth-order valence-electron chi connectivity index (χ4n) is 2.15. The molecule has 0 saturated carbocycles. The van der Waals surface area contributed by atoms with Crippen LogP contribution in [-0.4, -0.2) is 7.05 Å². The van der Waals surface area contributed by atoms with Gasteiger partial charge < -0.3 is 5.32 Å². The molecule has 0 radical (unpaired) electrons. The maximum absolute atomic E-state index is 14.0. The average Bonchev–Trinajstić information content (AvgIpc) is 2.64. The quantitative estimate of drug-likeness (QED) is 0.870. The first-order valence-corrected chi connectivity index (χ1v) is 7.33. The summed E-state index contributed by atoms with van der Waals surface area (Å²) in [6.45, 7) is 4.15. The highest BCUT2D eigenvalue weighted by molar-refractivity contribution is 9.10. The molecule has 0 saturated heterocycles. The first kappa shape index (κ1) is 13.7. The second kappa shape index (κ2) is 5.51. The smallest absolute Gasteiger partial charge is 0.128 e. The fraction of sp³-hybridized carbons (Fsp3) is 0.286. The van der Waals surface area contributed by atoms with Crippen molar-refractivity contribution in [3.8, 4) is 0 Å². The molecule has 0 amide bonds. The van der Waals surface area contributed by atoms with Gasteiger partial charge in [0.1, 0.15) is 5.82 Å². The summed E-state index contributed by atoms with van der Waals surface area (Å²) < 4.78 is 14.9. The Balaban J connectivity index is 2.51. The van der Waals surface area contributed by atoms with Gasteiger partial charge in [0.15, 0.2) is 0 Å². The van der Waals surface area contributed by atoms with Gasteiger partial charge in [-0.3, -0.25) is 0 Å². The first-order chi connectivity index (χ1) is 8.52. The second-order valence-electron chi connectivity index (χ2n) is 4.26. The van der Waals surface area contributed by atoms with Gasteiger partial charge in [0.25, 0.3) is 0 Å². The molecule has 0 aliphatic carbocycles. The van der Waals surface area contributed by atoms with Crippen LogP contribution in [0.1, 0.15) is 26.9 Å². The van der Waals surface area contributed by atoms with Crippen molar-refractivity contribution in [2.45, 2.75) is 19.9 Å². The molecule has 0 aliphatic rings. The molecule has 4 heteroatoms. The van der Waals surface area contributed by atoms with E-state index in [9.17, 15) is 4.39 Å². The summed E-state index contributed by atoms with van der Waals surface area (Å²) in [5.74, 6) is -0.180. The van der Waals surface area contributed by atoms with E-state index in [1.54, 1.807) is 17.4 Å². The van der Waals surface area contributed by atoms with Crippen LogP contribution in [0, 0.1) is 19.7 Å². The van der Waals surface area contributed by atoms with E-state index in [4.69, 9.17) is 0 Å². The van der Waals surface area contributed by atoms with Crippen LogP contribution in [0.5, 0.6) is 0 Å². The normalized spacial score (nSPS) is 12.7. The van der Waals surface area contributed by atoms with Crippen molar-refractivity contribution in [1.29, 1.82) is 0 Å². The number of nitrogens with one attached hydrogen (secondary N) is 1. The molecule has 0 aliphatic heterocycles. The first-order valence-electron chi connectivity index (χ1n) is 5.72. The molecule has 0 fully saturated rings. The molecule has 18 heavy (non-hydrogen) atoms. The predicted molar refractivity (Wildman–Crippen MR) is 78.8 cm³/mol. The number of benzene rings is 1. The highest BCUT2D eigenvalue weighted by Gasteiger charge is 2.19. The van der Waals surface area contributed by atoms with E-state index in [2.05, 4.69) is 41.2 Å². The zero-order chi connectivity index (χ0) is 13.3. The Morgan fingerprint density at radius 2 is 1.94 bits per heavy atom. The van der Waals surface area contributed by atoms with E-state index < -0.39 is 0 Å². The van der Waals surface area contributed by atoms with E-state index >= 15 is 0 Å². The number of thiophene rings is 1. The number of aryl methyl sites for hydroxylation is 2. The molecule has 96 valence electrons. The standard InChI is InChI=1S/C14H15BrFNS/c1-8-6-11(9(2)18-8)14(17-3)12-7-10(15)4-5-13(12)16/h4-7,14,17H,1-3H3. The lowest BCUT2D eigenvalue weighted by Crippen LogP contribution is -2.19. The summed E-state index contributed by atoms with van der Waals surface area (Å²) in [4.78, 5) is 2.48. The minimum Gasteiger partial charge on any atom is -0.309 e. The summed E-state index contributed by atoms with van der Waals surface area (Å²) in [6.07, 6.45) is 0. The molecule has 1 heterocycles. The minimum atomic E-state index is -0.180. The molecular formula is C14H15BrFNS. The molecule has 1 nitrogen and oxygen atoms in total. The van der Waals surface area contributed by atoms with Crippen LogP contribution in [0.3, 0.4) is 0 Å². The summed E-state index contributed by atoms with van der Waals surface area (Å²) in [5.41, 5.74) is 1.82. The van der Waals surface area contributed by atoms with Gasteiger partial charge in [0, 0.05) is 19.8 Å². The van der Waals surface area contributed by atoms with Gasteiger partial charge >= 0.3 is 0 Å². The molecule has 1 aromatic carbocycles. The molecule has 2 aromatic rings. The number of rotatable bonds is 3. The van der Waals surface area contributed by atoms with Crippen molar-refractivity contribution in [1.82, 2.24) is 5.32 Å². The maximum Gasteiger partial charge on any atom is 0.128 e. The fourth-order valence-corrected chi connectivity index (χ4v) is 3.49. The van der Waals surface area contributed by atoms with Crippen LogP contribution in [0.15, 0.2) is 28.7 Å². The Morgan fingerprint density at radius 3 is 2.50 bits per heavy atom. The molecule has 0 bridgehead atoms. The average molecular weight is 328 g/mol. The SMILES string of the molecule is CNC(c1cc(Br)ccc1F)c1cc(C)sc1C. The van der Waals surface area contributed by atoms with E-state index in [1.165, 1.54) is 15.8 Å². The summed E-state index contributed by atoms with van der Waals surface area (Å²) in [6, 6.07) is 7.08. The van der Waals surface area contributed by atoms with Crippen LogP contribution in [0.2, 0.25) is 0 Å². The Morgan fingerprint density at radius 1 is 1.22 bits per heavy atom. The third-order valence-electron chi connectivity index (χ3n) is 2.95. The molecule has 1 unspecified atom stereocenters. The highest BCUT2D eigenvalue weighted by atomic mass is 79.9. The largest absolute Gasteiger partial charge is 0.309 e. The highest BCUT2D eigenvalue weighted by Crippen LogP contribution is 2.32. The molecule has 2 rings (SSSR count). The maximum atomic E-state index is 14.0. The van der Waals surface area contributed by atoms with E-state index in [0.717, 1.165) is 10.0 Å². The lowest BCUT2D eigenvalue weighted by molar-refractivity contribution is 0.575. The zero-order valence-electron chi connectivity index (χ0n) is 10.6. The molecule has 1 aromatic heterocycles. The Bertz CT molecular complexity index is 565. The minimum absolute atomic E-state index is 0.104. The Hall–Kier alpha value is -0.710. The van der Waals surface area contributed by atoms with Gasteiger partial charge in [-0.15, -0.1) is 11.3 Å².